The van der Waals surface area contributed by atoms with E-state index in [1.54, 1.807) is 35.7 Å². The second-order valence-electron chi connectivity index (χ2n) is 6.75. The summed E-state index contributed by atoms with van der Waals surface area (Å²) in [6, 6.07) is 5.20. The molecule has 2 aliphatic heterocycles. The van der Waals surface area contributed by atoms with E-state index in [9.17, 15) is 9.59 Å². The van der Waals surface area contributed by atoms with Gasteiger partial charge >= 0.3 is 0 Å². The van der Waals surface area contributed by atoms with E-state index in [1.807, 2.05) is 10.3 Å². The van der Waals surface area contributed by atoms with Crippen LogP contribution in [-0.4, -0.2) is 41.6 Å². The van der Waals surface area contributed by atoms with Gasteiger partial charge in [-0.3, -0.25) is 9.59 Å². The van der Waals surface area contributed by atoms with Crippen LogP contribution >= 0.6 is 11.3 Å². The summed E-state index contributed by atoms with van der Waals surface area (Å²) < 4.78 is 10.7. The number of fused-ring (bicyclic) bond motifs is 1. The van der Waals surface area contributed by atoms with Crippen LogP contribution in [-0.2, 0) is 4.79 Å². The van der Waals surface area contributed by atoms with E-state index in [2.05, 4.69) is 10.3 Å². The summed E-state index contributed by atoms with van der Waals surface area (Å²) >= 11 is 1.55. The summed E-state index contributed by atoms with van der Waals surface area (Å²) in [5, 5.41) is 5.87. The number of nitrogens with one attached hydrogen (secondary N) is 1. The summed E-state index contributed by atoms with van der Waals surface area (Å²) in [4.78, 5) is 30.7. The summed E-state index contributed by atoms with van der Waals surface area (Å²) in [7, 11) is 0. The Hall–Kier alpha value is -2.61. The average molecular weight is 387 g/mol. The minimum atomic E-state index is -0.0923. The van der Waals surface area contributed by atoms with Crippen LogP contribution in [0.2, 0.25) is 0 Å². The molecule has 4 rings (SSSR count). The number of nitrogens with zero attached hydrogens (tertiary/aromatic N) is 2. The van der Waals surface area contributed by atoms with Crippen LogP contribution in [0.5, 0.6) is 11.5 Å². The van der Waals surface area contributed by atoms with Crippen molar-refractivity contribution in [3.63, 3.8) is 0 Å². The Balaban J connectivity index is 1.42. The van der Waals surface area contributed by atoms with Crippen molar-refractivity contribution in [1.82, 2.24) is 15.2 Å². The summed E-state index contributed by atoms with van der Waals surface area (Å²) in [6.45, 7) is 3.03. The highest BCUT2D eigenvalue weighted by atomic mass is 32.1. The molecule has 1 saturated heterocycles. The van der Waals surface area contributed by atoms with Crippen molar-refractivity contribution in [2.45, 2.75) is 25.8 Å². The molecule has 0 radical (unpaired) electrons. The van der Waals surface area contributed by atoms with Gasteiger partial charge in [0, 0.05) is 37.2 Å². The van der Waals surface area contributed by atoms with Crippen LogP contribution in [0.15, 0.2) is 29.8 Å². The molecule has 142 valence electrons. The summed E-state index contributed by atoms with van der Waals surface area (Å²) in [5.41, 5.74) is 0.607. The molecular weight excluding hydrogens is 366 g/mol. The zero-order chi connectivity index (χ0) is 18.8. The standard InChI is InChI=1S/C19H21N3O4S/c1-12(23)21-17(18-20-6-9-27-18)13-4-7-22(8-5-13)19(24)14-2-3-15-16(10-14)26-11-25-15/h2-3,6,9-10,13,17H,4-5,7-8,11H2,1H3,(H,21,23). The van der Waals surface area contributed by atoms with Crippen molar-refractivity contribution in [3.05, 3.63) is 40.3 Å². The zero-order valence-electron chi connectivity index (χ0n) is 15.0. The van der Waals surface area contributed by atoms with Crippen LogP contribution in [0.1, 0.15) is 41.2 Å². The molecule has 1 atom stereocenters. The van der Waals surface area contributed by atoms with E-state index in [0.717, 1.165) is 17.8 Å². The first-order valence-electron chi connectivity index (χ1n) is 8.97. The number of hydrogen-bond acceptors (Lipinski definition) is 6. The second kappa shape index (κ2) is 7.56. The fourth-order valence-corrected chi connectivity index (χ4v) is 4.42. The van der Waals surface area contributed by atoms with Gasteiger partial charge in [-0.1, -0.05) is 0 Å². The molecule has 2 amide bonds. The van der Waals surface area contributed by atoms with Crippen molar-refractivity contribution < 1.29 is 19.1 Å². The minimum Gasteiger partial charge on any atom is -0.454 e. The number of carbonyl (C=O) groups excluding carboxylic acids is 2. The minimum absolute atomic E-state index is 0.00271. The number of piperidine rings is 1. The number of thiazole rings is 1. The maximum atomic E-state index is 12.8. The van der Waals surface area contributed by atoms with Gasteiger partial charge in [0.25, 0.3) is 5.91 Å². The van der Waals surface area contributed by atoms with Crippen molar-refractivity contribution in [2.24, 2.45) is 5.92 Å². The van der Waals surface area contributed by atoms with Crippen LogP contribution in [0, 0.1) is 5.92 Å². The van der Waals surface area contributed by atoms with Crippen molar-refractivity contribution >= 4 is 23.2 Å². The average Bonchev–Trinajstić information content (AvgIpc) is 3.36. The normalized spacial score (nSPS) is 17.6. The number of hydrogen-bond donors (Lipinski definition) is 1. The molecule has 0 aliphatic carbocycles. The third-order valence-electron chi connectivity index (χ3n) is 4.99. The maximum Gasteiger partial charge on any atom is 0.253 e. The maximum absolute atomic E-state index is 12.8. The van der Waals surface area contributed by atoms with Crippen LogP contribution in [0.4, 0.5) is 0 Å². The van der Waals surface area contributed by atoms with Gasteiger partial charge in [0.15, 0.2) is 11.5 Å². The lowest BCUT2D eigenvalue weighted by molar-refractivity contribution is -0.120. The van der Waals surface area contributed by atoms with Crippen LogP contribution in [0.25, 0.3) is 0 Å². The van der Waals surface area contributed by atoms with Gasteiger partial charge in [-0.05, 0) is 37.0 Å². The Kier molecular flexibility index (Phi) is 4.98. The Morgan fingerprint density at radius 2 is 2.04 bits per heavy atom. The summed E-state index contributed by atoms with van der Waals surface area (Å²) in [5.74, 6) is 1.49. The van der Waals surface area contributed by atoms with Gasteiger partial charge in [-0.25, -0.2) is 4.98 Å². The quantitative estimate of drug-likeness (QED) is 0.872. The van der Waals surface area contributed by atoms with Crippen molar-refractivity contribution in [2.75, 3.05) is 19.9 Å². The molecule has 0 bridgehead atoms. The molecule has 1 aromatic heterocycles. The third-order valence-corrected chi connectivity index (χ3v) is 5.85. The molecule has 0 spiro atoms. The van der Waals surface area contributed by atoms with Crippen LogP contribution in [0.3, 0.4) is 0 Å². The highest BCUT2D eigenvalue weighted by Gasteiger charge is 2.32. The fourth-order valence-electron chi connectivity index (χ4n) is 3.64. The Morgan fingerprint density at radius 3 is 2.74 bits per heavy atom. The number of benzene rings is 1. The van der Waals surface area contributed by atoms with Crippen LogP contribution < -0.4 is 14.8 Å². The van der Waals surface area contributed by atoms with Gasteiger partial charge in [0.1, 0.15) is 5.01 Å². The lowest BCUT2D eigenvalue weighted by Gasteiger charge is -2.35. The zero-order valence-corrected chi connectivity index (χ0v) is 15.8. The first-order chi connectivity index (χ1) is 13.1. The Labute approximate surface area is 161 Å². The molecule has 7 nitrogen and oxygen atoms in total. The Morgan fingerprint density at radius 1 is 1.26 bits per heavy atom. The molecule has 1 fully saturated rings. The number of amides is 2. The predicted molar refractivity (Wildman–Crippen MR) is 99.9 cm³/mol. The number of carbonyl (C=O) groups is 2. The van der Waals surface area contributed by atoms with Gasteiger partial charge in [-0.2, -0.15) is 0 Å². The Bertz CT molecular complexity index is 831. The van der Waals surface area contributed by atoms with E-state index in [-0.39, 0.29) is 30.6 Å². The fraction of sp³-hybridized carbons (Fsp3) is 0.421. The molecule has 27 heavy (non-hydrogen) atoms. The number of aromatic nitrogens is 1. The lowest BCUT2D eigenvalue weighted by atomic mass is 9.89. The molecule has 8 heteroatoms. The molecular formula is C19H21N3O4S. The first-order valence-corrected chi connectivity index (χ1v) is 9.85. The smallest absolute Gasteiger partial charge is 0.253 e. The highest BCUT2D eigenvalue weighted by Crippen LogP contribution is 2.35. The SMILES string of the molecule is CC(=O)NC(c1nccs1)C1CCN(C(=O)c2ccc3c(c2)OCO3)CC1. The topological polar surface area (TPSA) is 80.8 Å². The summed E-state index contributed by atoms with van der Waals surface area (Å²) in [6.07, 6.45) is 3.40. The van der Waals surface area contributed by atoms with E-state index in [4.69, 9.17) is 9.47 Å². The highest BCUT2D eigenvalue weighted by molar-refractivity contribution is 7.09. The molecule has 2 aromatic rings. The van der Waals surface area contributed by atoms with Gasteiger partial charge in [-0.15, -0.1) is 11.3 Å². The third kappa shape index (κ3) is 3.75. The van der Waals surface area contributed by atoms with E-state index in [1.165, 1.54) is 6.92 Å². The van der Waals surface area contributed by atoms with Crippen molar-refractivity contribution in [1.29, 1.82) is 0 Å². The number of rotatable bonds is 4. The van der Waals surface area contributed by atoms with E-state index >= 15 is 0 Å². The largest absolute Gasteiger partial charge is 0.454 e. The van der Waals surface area contributed by atoms with Crippen molar-refractivity contribution in [3.8, 4) is 11.5 Å². The number of likely N-dealkylation sites (tertiary alicyclic amines) is 1. The van der Waals surface area contributed by atoms with E-state index in [0.29, 0.717) is 30.2 Å². The van der Waals surface area contributed by atoms with Gasteiger partial charge < -0.3 is 19.7 Å². The van der Waals surface area contributed by atoms with Gasteiger partial charge in [0.05, 0.1) is 6.04 Å². The lowest BCUT2D eigenvalue weighted by Crippen LogP contribution is -2.42. The molecule has 1 unspecified atom stereocenters. The number of ether oxygens (including phenoxy) is 2. The molecule has 1 N–H and O–H groups in total. The van der Waals surface area contributed by atoms with Gasteiger partial charge in [0.2, 0.25) is 12.7 Å². The van der Waals surface area contributed by atoms with E-state index < -0.39 is 0 Å². The predicted octanol–water partition coefficient (Wildman–Crippen LogP) is 2.60. The molecule has 3 heterocycles. The second-order valence-corrected chi connectivity index (χ2v) is 7.67. The first kappa shape index (κ1) is 17.8. The molecule has 2 aliphatic rings. The molecule has 1 aromatic carbocycles. The monoisotopic (exact) mass is 387 g/mol. The molecule has 0 saturated carbocycles.